The number of anilines is 1. The van der Waals surface area contributed by atoms with Crippen molar-refractivity contribution in [3.63, 3.8) is 0 Å². The van der Waals surface area contributed by atoms with E-state index in [0.717, 1.165) is 0 Å². The molecule has 0 aliphatic carbocycles. The number of methoxy groups -OCH3 is 2. The Labute approximate surface area is 105 Å². The second-order valence-corrected chi connectivity index (χ2v) is 3.54. The molecule has 6 heteroatoms. The van der Waals surface area contributed by atoms with Gasteiger partial charge in [0.1, 0.15) is 11.6 Å². The predicted octanol–water partition coefficient (Wildman–Crippen LogP) is 1.01. The van der Waals surface area contributed by atoms with Crippen LogP contribution in [0.3, 0.4) is 0 Å². The fraction of sp³-hybridized carbons (Fsp3) is 0.417. The number of carbonyl (C=O) groups is 1. The minimum atomic E-state index is -0.430. The summed E-state index contributed by atoms with van der Waals surface area (Å²) in [5, 5.41) is 5.33. The molecule has 0 saturated carbocycles. The molecule has 1 aromatic rings. The van der Waals surface area contributed by atoms with E-state index >= 15 is 0 Å². The van der Waals surface area contributed by atoms with Gasteiger partial charge in [-0.25, -0.2) is 4.39 Å². The van der Waals surface area contributed by atoms with Gasteiger partial charge in [-0.15, -0.1) is 0 Å². The Morgan fingerprint density at radius 3 is 2.83 bits per heavy atom. The molecule has 0 fully saturated rings. The lowest BCUT2D eigenvalue weighted by Gasteiger charge is -2.09. The molecule has 2 N–H and O–H groups in total. The summed E-state index contributed by atoms with van der Waals surface area (Å²) >= 11 is 0. The number of ether oxygens (including phenoxy) is 2. The molecule has 0 unspecified atom stereocenters. The van der Waals surface area contributed by atoms with Gasteiger partial charge in [0.2, 0.25) is 5.91 Å². The zero-order valence-corrected chi connectivity index (χ0v) is 10.5. The van der Waals surface area contributed by atoms with Gasteiger partial charge in [-0.2, -0.15) is 0 Å². The van der Waals surface area contributed by atoms with Crippen LogP contribution in [-0.2, 0) is 9.53 Å². The summed E-state index contributed by atoms with van der Waals surface area (Å²) in [6.07, 6.45) is 0. The van der Waals surface area contributed by atoms with Gasteiger partial charge in [-0.05, 0) is 12.1 Å². The smallest absolute Gasteiger partial charge is 0.239 e. The van der Waals surface area contributed by atoms with Crippen LogP contribution in [0.1, 0.15) is 0 Å². The second kappa shape index (κ2) is 7.50. The van der Waals surface area contributed by atoms with Crippen LogP contribution in [-0.4, -0.2) is 39.8 Å². The summed E-state index contributed by atoms with van der Waals surface area (Å²) in [5.41, 5.74) is 0.233. The zero-order valence-electron chi connectivity index (χ0n) is 10.5. The van der Waals surface area contributed by atoms with Gasteiger partial charge in [-0.1, -0.05) is 0 Å². The summed E-state index contributed by atoms with van der Waals surface area (Å²) in [5.74, 6) is -0.131. The van der Waals surface area contributed by atoms with E-state index < -0.39 is 5.82 Å². The standard InChI is InChI=1S/C12H17FN2O3/c1-17-6-5-14-12(16)8-15-11-7-9(18-2)3-4-10(11)13/h3-4,7,15H,5-6,8H2,1-2H3,(H,14,16). The number of hydrogen-bond acceptors (Lipinski definition) is 4. The SMILES string of the molecule is COCCNC(=O)CNc1cc(OC)ccc1F. The lowest BCUT2D eigenvalue weighted by molar-refractivity contribution is -0.119. The molecule has 0 aliphatic heterocycles. The maximum absolute atomic E-state index is 13.4. The molecule has 5 nitrogen and oxygen atoms in total. The van der Waals surface area contributed by atoms with Crippen molar-refractivity contribution in [3.8, 4) is 5.75 Å². The van der Waals surface area contributed by atoms with Crippen molar-refractivity contribution in [2.45, 2.75) is 0 Å². The van der Waals surface area contributed by atoms with Crippen molar-refractivity contribution in [2.24, 2.45) is 0 Å². The second-order valence-electron chi connectivity index (χ2n) is 3.54. The number of carbonyl (C=O) groups excluding carboxylic acids is 1. The molecule has 0 saturated heterocycles. The van der Waals surface area contributed by atoms with Crippen LogP contribution in [0.4, 0.5) is 10.1 Å². The van der Waals surface area contributed by atoms with E-state index in [1.54, 1.807) is 7.11 Å². The molecule has 0 radical (unpaired) electrons. The molecule has 0 aromatic heterocycles. The number of amides is 1. The molecule has 0 spiro atoms. The maximum atomic E-state index is 13.4. The third-order valence-corrected chi connectivity index (χ3v) is 2.24. The summed E-state index contributed by atoms with van der Waals surface area (Å²) in [6, 6.07) is 4.29. The zero-order chi connectivity index (χ0) is 13.4. The topological polar surface area (TPSA) is 59.6 Å². The number of benzene rings is 1. The average Bonchev–Trinajstić information content (AvgIpc) is 2.38. The van der Waals surface area contributed by atoms with Crippen molar-refractivity contribution >= 4 is 11.6 Å². The van der Waals surface area contributed by atoms with Crippen LogP contribution in [0.5, 0.6) is 5.75 Å². The van der Waals surface area contributed by atoms with Crippen LogP contribution in [0.15, 0.2) is 18.2 Å². The molecular weight excluding hydrogens is 239 g/mol. The van der Waals surface area contributed by atoms with Gasteiger partial charge < -0.3 is 20.1 Å². The Bertz CT molecular complexity index is 399. The highest BCUT2D eigenvalue weighted by molar-refractivity contribution is 5.80. The molecule has 1 amide bonds. The van der Waals surface area contributed by atoms with E-state index in [9.17, 15) is 9.18 Å². The minimum absolute atomic E-state index is 0.00615. The molecular formula is C12H17FN2O3. The van der Waals surface area contributed by atoms with Crippen molar-refractivity contribution in [3.05, 3.63) is 24.0 Å². The van der Waals surface area contributed by atoms with Crippen LogP contribution in [0.25, 0.3) is 0 Å². The maximum Gasteiger partial charge on any atom is 0.239 e. The summed E-state index contributed by atoms with van der Waals surface area (Å²) in [7, 11) is 3.05. The Hall–Kier alpha value is -1.82. The lowest BCUT2D eigenvalue weighted by atomic mass is 10.3. The Morgan fingerprint density at radius 1 is 1.39 bits per heavy atom. The van der Waals surface area contributed by atoms with Crippen molar-refractivity contribution in [1.82, 2.24) is 5.32 Å². The van der Waals surface area contributed by atoms with Crippen molar-refractivity contribution in [2.75, 3.05) is 39.2 Å². The fourth-order valence-corrected chi connectivity index (χ4v) is 1.30. The molecule has 1 aromatic carbocycles. The van der Waals surface area contributed by atoms with E-state index in [1.807, 2.05) is 0 Å². The van der Waals surface area contributed by atoms with E-state index in [2.05, 4.69) is 10.6 Å². The van der Waals surface area contributed by atoms with Crippen LogP contribution < -0.4 is 15.4 Å². The van der Waals surface area contributed by atoms with Gasteiger partial charge in [0.25, 0.3) is 0 Å². The van der Waals surface area contributed by atoms with Crippen LogP contribution >= 0.6 is 0 Å². The first-order valence-electron chi connectivity index (χ1n) is 5.50. The molecule has 0 bridgehead atoms. The third kappa shape index (κ3) is 4.58. The van der Waals surface area contributed by atoms with Crippen LogP contribution in [0.2, 0.25) is 0 Å². The molecule has 18 heavy (non-hydrogen) atoms. The Kier molecular flexibility index (Phi) is 5.93. The predicted molar refractivity (Wildman–Crippen MR) is 66.3 cm³/mol. The highest BCUT2D eigenvalue weighted by atomic mass is 19.1. The molecule has 1 rings (SSSR count). The van der Waals surface area contributed by atoms with E-state index in [4.69, 9.17) is 9.47 Å². The van der Waals surface area contributed by atoms with E-state index in [0.29, 0.717) is 18.9 Å². The fourth-order valence-electron chi connectivity index (χ4n) is 1.30. The van der Waals surface area contributed by atoms with Gasteiger partial charge >= 0.3 is 0 Å². The quantitative estimate of drug-likeness (QED) is 0.715. The highest BCUT2D eigenvalue weighted by Gasteiger charge is 2.06. The lowest BCUT2D eigenvalue weighted by Crippen LogP contribution is -2.32. The minimum Gasteiger partial charge on any atom is -0.497 e. The molecule has 0 aliphatic rings. The average molecular weight is 256 g/mol. The monoisotopic (exact) mass is 256 g/mol. The Balaban J connectivity index is 2.45. The van der Waals surface area contributed by atoms with Gasteiger partial charge in [0.15, 0.2) is 0 Å². The van der Waals surface area contributed by atoms with E-state index in [-0.39, 0.29) is 18.1 Å². The molecule has 0 heterocycles. The van der Waals surface area contributed by atoms with Gasteiger partial charge in [-0.3, -0.25) is 4.79 Å². The molecule has 100 valence electrons. The normalized spacial score (nSPS) is 9.94. The number of halogens is 1. The van der Waals surface area contributed by atoms with Gasteiger partial charge in [0, 0.05) is 19.7 Å². The number of hydrogen-bond donors (Lipinski definition) is 2. The molecule has 0 atom stereocenters. The summed E-state index contributed by atoms with van der Waals surface area (Å²) < 4.78 is 23.2. The largest absolute Gasteiger partial charge is 0.497 e. The van der Waals surface area contributed by atoms with E-state index in [1.165, 1.54) is 25.3 Å². The number of rotatable bonds is 7. The first-order valence-corrected chi connectivity index (χ1v) is 5.50. The first kappa shape index (κ1) is 14.2. The first-order chi connectivity index (χ1) is 8.67. The van der Waals surface area contributed by atoms with Gasteiger partial charge in [0.05, 0.1) is 25.9 Å². The third-order valence-electron chi connectivity index (χ3n) is 2.24. The van der Waals surface area contributed by atoms with Crippen molar-refractivity contribution in [1.29, 1.82) is 0 Å². The van der Waals surface area contributed by atoms with Crippen LogP contribution in [0, 0.1) is 5.82 Å². The Morgan fingerprint density at radius 2 is 2.17 bits per heavy atom. The van der Waals surface area contributed by atoms with Crippen molar-refractivity contribution < 1.29 is 18.7 Å². The highest BCUT2D eigenvalue weighted by Crippen LogP contribution is 2.20. The summed E-state index contributed by atoms with van der Waals surface area (Å²) in [4.78, 5) is 11.4. The number of nitrogens with one attached hydrogen (secondary N) is 2. The summed E-state index contributed by atoms with van der Waals surface area (Å²) in [6.45, 7) is 0.866.